The summed E-state index contributed by atoms with van der Waals surface area (Å²) in [6.07, 6.45) is -3.65. The number of nitrogens with two attached hydrogens (primary N) is 1. The Labute approximate surface area is 171 Å². The summed E-state index contributed by atoms with van der Waals surface area (Å²) in [6, 6.07) is 0. The highest BCUT2D eigenvalue weighted by Gasteiger charge is 2.89. The van der Waals surface area contributed by atoms with Crippen LogP contribution in [-0.2, 0) is 10.1 Å². The van der Waals surface area contributed by atoms with E-state index in [4.69, 9.17) is 10.3 Å². The molecule has 0 fully saturated rings. The molecule has 0 aromatic carbocycles. The third kappa shape index (κ3) is 6.43. The van der Waals surface area contributed by atoms with Gasteiger partial charge in [0.2, 0.25) is 0 Å². The van der Waals surface area contributed by atoms with Gasteiger partial charge in [0.05, 0.1) is 0 Å². The quantitative estimate of drug-likeness (QED) is 0.160. The molecule has 3 N–H and O–H groups in total. The first-order chi connectivity index (χ1) is 13.6. The molecule has 0 saturated carbocycles. The summed E-state index contributed by atoms with van der Waals surface area (Å²) in [5.74, 6) is -29.4. The summed E-state index contributed by atoms with van der Waals surface area (Å²) >= 11 is 0. The van der Waals surface area contributed by atoms with Crippen molar-refractivity contribution in [1.82, 2.24) is 0 Å². The number of rotatable bonds is 12. The average Bonchev–Trinajstić information content (AvgIpc) is 2.63. The van der Waals surface area contributed by atoms with E-state index >= 15 is 0 Å². The molecule has 0 amide bonds. The number of halogens is 11. The van der Waals surface area contributed by atoms with Crippen molar-refractivity contribution in [3.05, 3.63) is 12.7 Å². The minimum atomic E-state index is -7.75. The van der Waals surface area contributed by atoms with Gasteiger partial charge in [0, 0.05) is 6.54 Å². The molecule has 16 heteroatoms. The molecule has 0 aliphatic heterocycles. The fourth-order valence-electron chi connectivity index (χ4n) is 1.88. The van der Waals surface area contributed by atoms with Gasteiger partial charge < -0.3 is 5.73 Å². The van der Waals surface area contributed by atoms with Gasteiger partial charge in [-0.3, -0.25) is 4.55 Å². The second kappa shape index (κ2) is 11.1. The standard InChI is InChI=1S/C12H15F11O3S.C3H7N/c1-2-3-4-5-6-7(13)8(14,15)9(16,17)10(18,19)11(20,21)12(22,23)27(24,25)26;1-2-3-4/h7H,2-6H2,1H3,(H,24,25,26);2H,1,3-4H2. The first kappa shape index (κ1) is 32.0. The lowest BCUT2D eigenvalue weighted by molar-refractivity contribution is -0.397. The molecule has 0 aliphatic carbocycles. The molecule has 4 nitrogen and oxygen atoms in total. The van der Waals surface area contributed by atoms with E-state index in [1.54, 1.807) is 13.0 Å². The largest absolute Gasteiger partial charge is 0.438 e. The lowest BCUT2D eigenvalue weighted by atomic mass is 9.93. The number of hydrogen-bond donors (Lipinski definition) is 2. The highest BCUT2D eigenvalue weighted by molar-refractivity contribution is 7.87. The van der Waals surface area contributed by atoms with Crippen molar-refractivity contribution in [3.8, 4) is 0 Å². The van der Waals surface area contributed by atoms with Crippen LogP contribution in [0, 0.1) is 0 Å². The predicted octanol–water partition coefficient (Wildman–Crippen LogP) is 5.45. The third-order valence-electron chi connectivity index (χ3n) is 3.77. The molecule has 0 radical (unpaired) electrons. The van der Waals surface area contributed by atoms with Crippen molar-refractivity contribution in [2.75, 3.05) is 6.54 Å². The van der Waals surface area contributed by atoms with Crippen LogP contribution in [0.2, 0.25) is 0 Å². The molecule has 0 rings (SSSR count). The van der Waals surface area contributed by atoms with Crippen molar-refractivity contribution in [1.29, 1.82) is 0 Å². The van der Waals surface area contributed by atoms with Crippen molar-refractivity contribution in [3.63, 3.8) is 0 Å². The zero-order chi connectivity index (χ0) is 25.5. The fraction of sp³-hybridized carbons (Fsp3) is 0.867. The van der Waals surface area contributed by atoms with Crippen LogP contribution in [-0.4, -0.2) is 54.6 Å². The van der Waals surface area contributed by atoms with Gasteiger partial charge in [-0.15, -0.1) is 6.58 Å². The van der Waals surface area contributed by atoms with Gasteiger partial charge in [-0.25, -0.2) is 4.39 Å². The highest BCUT2D eigenvalue weighted by Crippen LogP contribution is 2.59. The summed E-state index contributed by atoms with van der Waals surface area (Å²) in [6.45, 7) is 5.56. The molecule has 188 valence electrons. The van der Waals surface area contributed by atoms with Gasteiger partial charge in [0.15, 0.2) is 6.17 Å². The van der Waals surface area contributed by atoms with Crippen molar-refractivity contribution in [2.24, 2.45) is 5.73 Å². The first-order valence-electron chi connectivity index (χ1n) is 8.46. The van der Waals surface area contributed by atoms with E-state index in [1.807, 2.05) is 0 Å². The molecule has 0 heterocycles. The molecule has 0 spiro atoms. The van der Waals surface area contributed by atoms with Crippen LogP contribution >= 0.6 is 0 Å². The summed E-state index contributed by atoms with van der Waals surface area (Å²) < 4.78 is 174. The monoisotopic (exact) mass is 505 g/mol. The van der Waals surface area contributed by atoms with E-state index in [0.717, 1.165) is 0 Å². The maximum Gasteiger partial charge on any atom is 0.438 e. The van der Waals surface area contributed by atoms with E-state index in [9.17, 15) is 56.7 Å². The van der Waals surface area contributed by atoms with E-state index in [-0.39, 0.29) is 6.42 Å². The second-order valence-corrected chi connectivity index (χ2v) is 7.64. The van der Waals surface area contributed by atoms with Crippen LogP contribution in [0.1, 0.15) is 39.0 Å². The Morgan fingerprint density at radius 3 is 1.65 bits per heavy atom. The Balaban J connectivity index is 0. The van der Waals surface area contributed by atoms with E-state index in [1.165, 1.54) is 0 Å². The zero-order valence-corrected chi connectivity index (χ0v) is 16.8. The molecule has 31 heavy (non-hydrogen) atoms. The molecular weight excluding hydrogens is 483 g/mol. The van der Waals surface area contributed by atoms with Gasteiger partial charge in [-0.1, -0.05) is 38.7 Å². The van der Waals surface area contributed by atoms with Gasteiger partial charge in [-0.2, -0.15) is 52.3 Å². The molecule has 1 atom stereocenters. The minimum Gasteiger partial charge on any atom is -0.327 e. The molecule has 0 aliphatic rings. The molecular formula is C15H22F11NO3S. The Kier molecular flexibility index (Phi) is 11.5. The summed E-state index contributed by atoms with van der Waals surface area (Å²) in [5.41, 5.74) is 4.91. The van der Waals surface area contributed by atoms with Crippen LogP contribution in [0.4, 0.5) is 48.3 Å². The molecule has 1 unspecified atom stereocenters. The van der Waals surface area contributed by atoms with Gasteiger partial charge in [-0.05, 0) is 6.42 Å². The van der Waals surface area contributed by atoms with E-state index in [2.05, 4.69) is 6.58 Å². The summed E-state index contributed by atoms with van der Waals surface area (Å²) in [7, 11) is -7.43. The summed E-state index contributed by atoms with van der Waals surface area (Å²) in [5, 5.41) is -7.27. The maximum atomic E-state index is 13.4. The Hall–Kier alpha value is -1.16. The van der Waals surface area contributed by atoms with E-state index < -0.39 is 58.1 Å². The van der Waals surface area contributed by atoms with Crippen molar-refractivity contribution >= 4 is 10.1 Å². The predicted molar refractivity (Wildman–Crippen MR) is 89.2 cm³/mol. The molecule has 0 bridgehead atoms. The Bertz CT molecular complexity index is 669. The fourth-order valence-corrected chi connectivity index (χ4v) is 2.33. The highest BCUT2D eigenvalue weighted by atomic mass is 32.2. The Morgan fingerprint density at radius 1 is 0.903 bits per heavy atom. The second-order valence-electron chi connectivity index (χ2n) is 6.18. The SMILES string of the molecule is C=CCN.CCCCCCC(F)C(F)(F)C(F)(F)C(F)(F)C(F)(F)C(F)(F)S(=O)(=O)O. The van der Waals surface area contributed by atoms with Crippen LogP contribution in [0.15, 0.2) is 12.7 Å². The number of unbranched alkanes of at least 4 members (excludes halogenated alkanes) is 3. The van der Waals surface area contributed by atoms with Crippen molar-refractivity contribution < 1.29 is 61.3 Å². The zero-order valence-electron chi connectivity index (χ0n) is 16.0. The van der Waals surface area contributed by atoms with Gasteiger partial charge in [0.25, 0.3) is 0 Å². The molecule has 0 aromatic rings. The van der Waals surface area contributed by atoms with E-state index in [0.29, 0.717) is 19.4 Å². The third-order valence-corrected chi connectivity index (χ3v) is 4.67. The Morgan fingerprint density at radius 2 is 1.32 bits per heavy atom. The topological polar surface area (TPSA) is 80.4 Å². The lowest BCUT2D eigenvalue weighted by Gasteiger charge is -2.39. The first-order valence-corrected chi connectivity index (χ1v) is 9.90. The smallest absolute Gasteiger partial charge is 0.327 e. The molecule has 0 aromatic heterocycles. The van der Waals surface area contributed by atoms with Crippen LogP contribution in [0.3, 0.4) is 0 Å². The lowest BCUT2D eigenvalue weighted by Crippen LogP contribution is -2.70. The van der Waals surface area contributed by atoms with Crippen LogP contribution in [0.25, 0.3) is 0 Å². The molecule has 0 saturated heterocycles. The average molecular weight is 505 g/mol. The number of alkyl halides is 11. The normalized spacial score (nSPS) is 15.2. The minimum absolute atomic E-state index is 0.00590. The van der Waals surface area contributed by atoms with Gasteiger partial charge in [0.1, 0.15) is 0 Å². The maximum absolute atomic E-state index is 13.4. The van der Waals surface area contributed by atoms with Crippen LogP contribution < -0.4 is 5.73 Å². The van der Waals surface area contributed by atoms with Crippen molar-refractivity contribution in [2.45, 2.75) is 74.1 Å². The number of hydrogen-bond acceptors (Lipinski definition) is 3. The van der Waals surface area contributed by atoms with Crippen LogP contribution in [0.5, 0.6) is 0 Å². The van der Waals surface area contributed by atoms with Gasteiger partial charge >= 0.3 is 39.1 Å². The summed E-state index contributed by atoms with van der Waals surface area (Å²) in [4.78, 5) is 0.